The Bertz CT molecular complexity index is 643. The van der Waals surface area contributed by atoms with Crippen LogP contribution in [0, 0.1) is 0 Å². The second kappa shape index (κ2) is 5.72. The Morgan fingerprint density at radius 1 is 1.32 bits per heavy atom. The molecular weight excluding hydrogens is 330 g/mol. The highest BCUT2D eigenvalue weighted by molar-refractivity contribution is 9.10. The molecule has 2 aromatic rings. The predicted octanol–water partition coefficient (Wildman–Crippen LogP) is 4.38. The normalized spacial score (nSPS) is 10.3. The number of methoxy groups -OCH3 is 1. The average Bonchev–Trinajstić information content (AvgIpc) is 2.41. The van der Waals surface area contributed by atoms with Crippen LogP contribution in [0.1, 0.15) is 17.3 Å². The second-order valence-electron chi connectivity index (χ2n) is 3.91. The van der Waals surface area contributed by atoms with Crippen molar-refractivity contribution in [2.45, 2.75) is 6.92 Å². The van der Waals surface area contributed by atoms with Crippen LogP contribution in [0.5, 0.6) is 5.88 Å². The molecule has 0 N–H and O–H groups in total. The number of hydrogen-bond acceptors (Lipinski definition) is 3. The van der Waals surface area contributed by atoms with Crippen LogP contribution in [0.3, 0.4) is 0 Å². The van der Waals surface area contributed by atoms with E-state index in [4.69, 9.17) is 16.3 Å². The Morgan fingerprint density at radius 3 is 2.68 bits per heavy atom. The summed E-state index contributed by atoms with van der Waals surface area (Å²) in [7, 11) is 1.49. The van der Waals surface area contributed by atoms with Gasteiger partial charge in [0.25, 0.3) is 0 Å². The van der Waals surface area contributed by atoms with Crippen LogP contribution in [-0.4, -0.2) is 17.9 Å². The lowest BCUT2D eigenvalue weighted by Crippen LogP contribution is -2.01. The summed E-state index contributed by atoms with van der Waals surface area (Å²) >= 11 is 9.60. The Hall–Kier alpha value is -1.39. The van der Waals surface area contributed by atoms with E-state index in [1.54, 1.807) is 12.1 Å². The molecule has 0 spiro atoms. The highest BCUT2D eigenvalue weighted by Crippen LogP contribution is 2.34. The molecule has 0 aliphatic heterocycles. The maximum Gasteiger partial charge on any atom is 0.224 e. The third kappa shape index (κ3) is 2.80. The number of rotatable bonds is 3. The summed E-state index contributed by atoms with van der Waals surface area (Å²) in [5.41, 5.74) is 1.90. The summed E-state index contributed by atoms with van der Waals surface area (Å²) in [6.07, 6.45) is 0. The van der Waals surface area contributed by atoms with Crippen molar-refractivity contribution in [1.29, 1.82) is 0 Å². The largest absolute Gasteiger partial charge is 0.480 e. The van der Waals surface area contributed by atoms with Gasteiger partial charge in [0.1, 0.15) is 0 Å². The first-order valence-corrected chi connectivity index (χ1v) is 6.72. The number of ketones is 1. The molecule has 0 unspecified atom stereocenters. The number of ether oxygens (including phenoxy) is 1. The molecule has 19 heavy (non-hydrogen) atoms. The van der Waals surface area contributed by atoms with Crippen molar-refractivity contribution in [3.8, 4) is 17.1 Å². The number of benzene rings is 1. The molecule has 5 heteroatoms. The van der Waals surface area contributed by atoms with Crippen molar-refractivity contribution in [2.75, 3.05) is 7.11 Å². The zero-order valence-corrected chi connectivity index (χ0v) is 12.7. The van der Waals surface area contributed by atoms with Crippen molar-refractivity contribution >= 4 is 33.3 Å². The molecule has 0 aliphatic rings. The quantitative estimate of drug-likeness (QED) is 0.779. The summed E-state index contributed by atoms with van der Waals surface area (Å²) in [5, 5.41) is 0.577. The van der Waals surface area contributed by atoms with Crippen LogP contribution < -0.4 is 4.74 Å². The van der Waals surface area contributed by atoms with Crippen molar-refractivity contribution in [3.05, 3.63) is 45.4 Å². The number of halogens is 2. The first-order chi connectivity index (χ1) is 9.04. The van der Waals surface area contributed by atoms with Crippen LogP contribution >= 0.6 is 27.5 Å². The summed E-state index contributed by atoms with van der Waals surface area (Å²) in [5.74, 6) is 0.220. The van der Waals surface area contributed by atoms with E-state index in [2.05, 4.69) is 20.9 Å². The fourth-order valence-corrected chi connectivity index (χ4v) is 2.30. The lowest BCUT2D eigenvalue weighted by atomic mass is 10.1. The minimum absolute atomic E-state index is 0.0868. The maximum absolute atomic E-state index is 11.4. The first kappa shape index (κ1) is 14.0. The van der Waals surface area contributed by atoms with Crippen LogP contribution in [-0.2, 0) is 0 Å². The van der Waals surface area contributed by atoms with Gasteiger partial charge < -0.3 is 4.74 Å². The van der Waals surface area contributed by atoms with Gasteiger partial charge in [-0.2, -0.15) is 0 Å². The maximum atomic E-state index is 11.4. The van der Waals surface area contributed by atoms with E-state index in [9.17, 15) is 4.79 Å². The van der Waals surface area contributed by atoms with E-state index in [-0.39, 0.29) is 5.78 Å². The molecule has 0 radical (unpaired) electrons. The lowest BCUT2D eigenvalue weighted by Gasteiger charge is -2.09. The molecule has 1 aromatic heterocycles. The van der Waals surface area contributed by atoms with E-state index in [0.717, 1.165) is 10.0 Å². The smallest absolute Gasteiger partial charge is 0.224 e. The topological polar surface area (TPSA) is 39.2 Å². The molecule has 0 amide bonds. The summed E-state index contributed by atoms with van der Waals surface area (Å²) in [6.45, 7) is 1.48. The number of pyridine rings is 1. The lowest BCUT2D eigenvalue weighted by molar-refractivity contribution is 0.101. The molecular formula is C14H11BrClNO2. The minimum Gasteiger partial charge on any atom is -0.480 e. The predicted molar refractivity (Wildman–Crippen MR) is 78.9 cm³/mol. The number of carbonyl (C=O) groups excluding carboxylic acids is 1. The molecule has 2 rings (SSSR count). The van der Waals surface area contributed by atoms with Gasteiger partial charge in [-0.25, -0.2) is 4.98 Å². The van der Waals surface area contributed by atoms with E-state index in [0.29, 0.717) is 22.2 Å². The number of hydrogen-bond donors (Lipinski definition) is 0. The van der Waals surface area contributed by atoms with Crippen molar-refractivity contribution in [1.82, 2.24) is 4.98 Å². The van der Waals surface area contributed by atoms with Gasteiger partial charge in [-0.3, -0.25) is 4.79 Å². The molecule has 1 aromatic carbocycles. The Balaban J connectivity index is 2.58. The van der Waals surface area contributed by atoms with Gasteiger partial charge in [-0.15, -0.1) is 0 Å². The van der Waals surface area contributed by atoms with E-state index >= 15 is 0 Å². The summed E-state index contributed by atoms with van der Waals surface area (Å²) < 4.78 is 5.95. The van der Waals surface area contributed by atoms with Crippen LogP contribution in [0.4, 0.5) is 0 Å². The van der Waals surface area contributed by atoms with Gasteiger partial charge >= 0.3 is 0 Å². The molecule has 0 bridgehead atoms. The van der Waals surface area contributed by atoms with E-state index < -0.39 is 0 Å². The minimum atomic E-state index is -0.0868. The number of Topliss-reactive ketones (excluding diaryl/α,β-unsaturated/α-hetero) is 1. The zero-order valence-electron chi connectivity index (χ0n) is 10.4. The summed E-state index contributed by atoms with van der Waals surface area (Å²) in [6, 6.07) is 9.04. The number of nitrogens with zero attached hydrogens (tertiary/aromatic N) is 1. The fraction of sp³-hybridized carbons (Fsp3) is 0.143. The SMILES string of the molecule is COc1nc(-c2cccc(Br)c2Cl)ccc1C(C)=O. The molecule has 0 saturated carbocycles. The molecule has 0 atom stereocenters. The monoisotopic (exact) mass is 339 g/mol. The third-order valence-electron chi connectivity index (χ3n) is 2.66. The second-order valence-corrected chi connectivity index (χ2v) is 5.14. The average molecular weight is 341 g/mol. The Morgan fingerprint density at radius 2 is 2.05 bits per heavy atom. The Labute approximate surface area is 124 Å². The number of aromatic nitrogens is 1. The highest BCUT2D eigenvalue weighted by atomic mass is 79.9. The van der Waals surface area contributed by atoms with Crippen LogP contribution in [0.25, 0.3) is 11.3 Å². The van der Waals surface area contributed by atoms with Crippen LogP contribution in [0.2, 0.25) is 5.02 Å². The first-order valence-electron chi connectivity index (χ1n) is 5.55. The fourth-order valence-electron chi connectivity index (χ4n) is 1.72. The number of carbonyl (C=O) groups is 1. The Kier molecular flexibility index (Phi) is 4.22. The zero-order chi connectivity index (χ0) is 14.0. The van der Waals surface area contributed by atoms with Gasteiger partial charge in [-0.05, 0) is 41.1 Å². The van der Waals surface area contributed by atoms with Gasteiger partial charge in [0, 0.05) is 10.0 Å². The van der Waals surface area contributed by atoms with Gasteiger partial charge in [-0.1, -0.05) is 23.7 Å². The molecule has 0 saturated heterocycles. The van der Waals surface area contributed by atoms with Gasteiger partial charge in [0.05, 0.1) is 23.4 Å². The van der Waals surface area contributed by atoms with Gasteiger partial charge in [0.15, 0.2) is 5.78 Å². The van der Waals surface area contributed by atoms with E-state index in [1.165, 1.54) is 14.0 Å². The van der Waals surface area contributed by atoms with Crippen molar-refractivity contribution in [2.24, 2.45) is 0 Å². The molecule has 3 nitrogen and oxygen atoms in total. The molecule has 0 aliphatic carbocycles. The molecule has 98 valence electrons. The standard InChI is InChI=1S/C14H11BrClNO2/c1-8(18)9-6-7-12(17-14(9)19-2)10-4-3-5-11(15)13(10)16/h3-7H,1-2H3. The third-order valence-corrected chi connectivity index (χ3v) is 3.96. The summed E-state index contributed by atoms with van der Waals surface area (Å²) in [4.78, 5) is 15.8. The van der Waals surface area contributed by atoms with Crippen LogP contribution in [0.15, 0.2) is 34.8 Å². The van der Waals surface area contributed by atoms with Gasteiger partial charge in [0.2, 0.25) is 5.88 Å². The highest BCUT2D eigenvalue weighted by Gasteiger charge is 2.13. The van der Waals surface area contributed by atoms with Crippen molar-refractivity contribution < 1.29 is 9.53 Å². The molecule has 1 heterocycles. The molecule has 0 fully saturated rings. The van der Waals surface area contributed by atoms with E-state index in [1.807, 2.05) is 18.2 Å². The van der Waals surface area contributed by atoms with Crippen molar-refractivity contribution in [3.63, 3.8) is 0 Å².